The lowest BCUT2D eigenvalue weighted by molar-refractivity contribution is 0.148. The molecule has 0 atom stereocenters. The number of carbonyl (C=O) groups is 1. The van der Waals surface area contributed by atoms with E-state index < -0.39 is 0 Å². The molecule has 0 unspecified atom stereocenters. The highest BCUT2D eigenvalue weighted by Gasteiger charge is 2.23. The zero-order valence-corrected chi connectivity index (χ0v) is 13.4. The molecule has 1 heterocycles. The first-order valence-electron chi connectivity index (χ1n) is 7.81. The highest BCUT2D eigenvalue weighted by Crippen LogP contribution is 2.14. The molecule has 0 radical (unpaired) electrons. The maximum atomic E-state index is 12.2. The molecule has 4 heteroatoms. The molecule has 1 saturated heterocycles. The van der Waals surface area contributed by atoms with Crippen LogP contribution in [-0.4, -0.2) is 55.6 Å². The van der Waals surface area contributed by atoms with Crippen molar-refractivity contribution in [3.63, 3.8) is 0 Å². The number of piperidine rings is 1. The van der Waals surface area contributed by atoms with E-state index in [0.717, 1.165) is 32.4 Å². The lowest BCUT2D eigenvalue weighted by atomic mass is 10.0. The van der Waals surface area contributed by atoms with Crippen LogP contribution in [0, 0.1) is 6.92 Å². The number of hydrogen-bond acceptors (Lipinski definition) is 2. The largest absolute Gasteiger partial charge is 0.338 e. The molecule has 21 heavy (non-hydrogen) atoms. The molecule has 0 saturated carbocycles. The van der Waals surface area contributed by atoms with Gasteiger partial charge < -0.3 is 15.1 Å². The highest BCUT2D eigenvalue weighted by molar-refractivity contribution is 5.74. The molecule has 2 amide bonds. The van der Waals surface area contributed by atoms with Crippen LogP contribution < -0.4 is 5.32 Å². The van der Waals surface area contributed by atoms with Gasteiger partial charge >= 0.3 is 6.03 Å². The van der Waals surface area contributed by atoms with Gasteiger partial charge in [0, 0.05) is 19.6 Å². The Balaban J connectivity index is 1.75. The van der Waals surface area contributed by atoms with Crippen LogP contribution in [-0.2, 0) is 6.42 Å². The number of nitrogens with one attached hydrogen (secondary N) is 1. The van der Waals surface area contributed by atoms with Crippen molar-refractivity contribution in [1.82, 2.24) is 15.1 Å². The number of carbonyl (C=O) groups excluding carboxylic acids is 1. The van der Waals surface area contributed by atoms with Gasteiger partial charge in [-0.05, 0) is 57.5 Å². The number of rotatable bonds is 4. The molecule has 1 aromatic rings. The topological polar surface area (TPSA) is 35.6 Å². The summed E-state index contributed by atoms with van der Waals surface area (Å²) < 4.78 is 0. The third kappa shape index (κ3) is 4.46. The summed E-state index contributed by atoms with van der Waals surface area (Å²) >= 11 is 0. The Labute approximate surface area is 128 Å². The van der Waals surface area contributed by atoms with Gasteiger partial charge in [-0.15, -0.1) is 0 Å². The van der Waals surface area contributed by atoms with Crippen LogP contribution >= 0.6 is 0 Å². The van der Waals surface area contributed by atoms with Crippen LogP contribution in [0.5, 0.6) is 0 Å². The Morgan fingerprint density at radius 3 is 2.67 bits per heavy atom. The number of likely N-dealkylation sites (tertiary alicyclic amines) is 1. The van der Waals surface area contributed by atoms with Crippen LogP contribution in [0.3, 0.4) is 0 Å². The number of aryl methyl sites for hydroxylation is 1. The van der Waals surface area contributed by atoms with Crippen molar-refractivity contribution in [3.05, 3.63) is 35.4 Å². The first-order chi connectivity index (χ1) is 10.1. The van der Waals surface area contributed by atoms with E-state index in [9.17, 15) is 4.79 Å². The molecular weight excluding hydrogens is 262 g/mol. The Kier molecular flexibility index (Phi) is 5.62. The predicted molar refractivity (Wildman–Crippen MR) is 86.6 cm³/mol. The van der Waals surface area contributed by atoms with Crippen molar-refractivity contribution in [3.8, 4) is 0 Å². The fourth-order valence-corrected chi connectivity index (χ4v) is 2.87. The summed E-state index contributed by atoms with van der Waals surface area (Å²) in [7, 11) is 4.05. The van der Waals surface area contributed by atoms with Crippen molar-refractivity contribution in [2.24, 2.45) is 0 Å². The average molecular weight is 289 g/mol. The summed E-state index contributed by atoms with van der Waals surface area (Å²) in [5, 5.41) is 3.04. The standard InChI is InChI=1S/C17H27N3O/c1-14-6-4-5-7-15(14)8-11-18-17(21)20(3)16-9-12-19(2)13-10-16/h4-7,16H,8-13H2,1-3H3,(H,18,21). The minimum Gasteiger partial charge on any atom is -0.338 e. The van der Waals surface area contributed by atoms with Gasteiger partial charge in [-0.2, -0.15) is 0 Å². The summed E-state index contributed by atoms with van der Waals surface area (Å²) in [6.07, 6.45) is 3.02. The molecule has 2 rings (SSSR count). The van der Waals surface area contributed by atoms with Gasteiger partial charge in [0.15, 0.2) is 0 Å². The van der Waals surface area contributed by atoms with Crippen LogP contribution in [0.15, 0.2) is 24.3 Å². The molecular formula is C17H27N3O. The van der Waals surface area contributed by atoms with Gasteiger partial charge in [-0.25, -0.2) is 4.79 Å². The number of hydrogen-bond donors (Lipinski definition) is 1. The van der Waals surface area contributed by atoms with E-state index in [-0.39, 0.29) is 6.03 Å². The number of benzene rings is 1. The lowest BCUT2D eigenvalue weighted by Gasteiger charge is -2.35. The summed E-state index contributed by atoms with van der Waals surface area (Å²) in [5.74, 6) is 0. The van der Waals surface area contributed by atoms with Gasteiger partial charge in [0.25, 0.3) is 0 Å². The van der Waals surface area contributed by atoms with Crippen molar-refractivity contribution in [2.75, 3.05) is 33.7 Å². The van der Waals surface area contributed by atoms with Crippen LogP contribution in [0.25, 0.3) is 0 Å². The Hall–Kier alpha value is -1.55. The molecule has 1 aromatic carbocycles. The molecule has 0 aromatic heterocycles. The van der Waals surface area contributed by atoms with Crippen LogP contribution in [0.1, 0.15) is 24.0 Å². The van der Waals surface area contributed by atoms with Crippen molar-refractivity contribution in [1.29, 1.82) is 0 Å². The molecule has 116 valence electrons. The molecule has 1 fully saturated rings. The molecule has 0 spiro atoms. The molecule has 1 N–H and O–H groups in total. The maximum absolute atomic E-state index is 12.2. The van der Waals surface area contributed by atoms with Gasteiger partial charge in [-0.3, -0.25) is 0 Å². The first kappa shape index (κ1) is 15.8. The monoisotopic (exact) mass is 289 g/mol. The third-order valence-electron chi connectivity index (χ3n) is 4.49. The zero-order valence-electron chi connectivity index (χ0n) is 13.4. The fraction of sp³-hybridized carbons (Fsp3) is 0.588. The van der Waals surface area contributed by atoms with E-state index in [1.54, 1.807) is 0 Å². The van der Waals surface area contributed by atoms with Gasteiger partial charge in [0.1, 0.15) is 0 Å². The highest BCUT2D eigenvalue weighted by atomic mass is 16.2. The SMILES string of the molecule is Cc1ccccc1CCNC(=O)N(C)C1CCN(C)CC1. The molecule has 1 aliphatic heterocycles. The minimum atomic E-state index is 0.0538. The summed E-state index contributed by atoms with van der Waals surface area (Å²) in [6.45, 7) is 4.96. The van der Waals surface area contributed by atoms with Gasteiger partial charge in [-0.1, -0.05) is 24.3 Å². The number of nitrogens with zero attached hydrogens (tertiary/aromatic N) is 2. The Morgan fingerprint density at radius 2 is 2.00 bits per heavy atom. The van der Waals surface area contributed by atoms with E-state index >= 15 is 0 Å². The van der Waals surface area contributed by atoms with E-state index in [4.69, 9.17) is 0 Å². The van der Waals surface area contributed by atoms with Crippen LogP contribution in [0.2, 0.25) is 0 Å². The van der Waals surface area contributed by atoms with E-state index in [1.165, 1.54) is 11.1 Å². The van der Waals surface area contributed by atoms with E-state index in [0.29, 0.717) is 12.6 Å². The molecule has 0 aliphatic carbocycles. The van der Waals surface area contributed by atoms with Crippen molar-refractivity contribution in [2.45, 2.75) is 32.2 Å². The van der Waals surface area contributed by atoms with E-state index in [1.807, 2.05) is 18.0 Å². The van der Waals surface area contributed by atoms with Gasteiger partial charge in [0.05, 0.1) is 0 Å². The quantitative estimate of drug-likeness (QED) is 0.923. The average Bonchev–Trinajstić information content (AvgIpc) is 2.49. The van der Waals surface area contributed by atoms with Crippen molar-refractivity contribution >= 4 is 6.03 Å². The molecule has 1 aliphatic rings. The number of urea groups is 1. The second-order valence-electron chi connectivity index (χ2n) is 6.05. The summed E-state index contributed by atoms with van der Waals surface area (Å²) in [5.41, 5.74) is 2.59. The third-order valence-corrected chi connectivity index (χ3v) is 4.49. The number of amides is 2. The second-order valence-corrected chi connectivity index (χ2v) is 6.05. The first-order valence-corrected chi connectivity index (χ1v) is 7.81. The maximum Gasteiger partial charge on any atom is 0.317 e. The van der Waals surface area contributed by atoms with Crippen molar-refractivity contribution < 1.29 is 4.79 Å². The van der Waals surface area contributed by atoms with Crippen LogP contribution in [0.4, 0.5) is 4.79 Å². The molecule has 0 bridgehead atoms. The Bertz CT molecular complexity index is 467. The fourth-order valence-electron chi connectivity index (χ4n) is 2.87. The Morgan fingerprint density at radius 1 is 1.33 bits per heavy atom. The smallest absolute Gasteiger partial charge is 0.317 e. The van der Waals surface area contributed by atoms with E-state index in [2.05, 4.69) is 42.4 Å². The second kappa shape index (κ2) is 7.46. The van der Waals surface area contributed by atoms with Gasteiger partial charge in [0.2, 0.25) is 0 Å². The summed E-state index contributed by atoms with van der Waals surface area (Å²) in [6, 6.07) is 8.77. The lowest BCUT2D eigenvalue weighted by Crippen LogP contribution is -2.48. The zero-order chi connectivity index (χ0) is 15.2. The molecule has 4 nitrogen and oxygen atoms in total. The normalized spacial score (nSPS) is 16.7. The minimum absolute atomic E-state index is 0.0538. The predicted octanol–water partition coefficient (Wildman–Crippen LogP) is 2.27. The summed E-state index contributed by atoms with van der Waals surface area (Å²) in [4.78, 5) is 16.4.